The first kappa shape index (κ1) is 19.8. The van der Waals surface area contributed by atoms with Gasteiger partial charge in [-0.3, -0.25) is 4.79 Å². The average molecular weight is 445 g/mol. The standard InChI is InChI=1S/C22H24N2O4S2/c1-24-18-10-9-15(13-20(18)29-21(24)25)30(26,27)23-17-14-22(11-5-2-6-12-22)28-19-8-4-3-7-16(17)19/h3-4,7-10,13,17,23H,2,5-6,11-12,14H2,1H3/t17-/m1/s1. The number of nitrogens with zero attached hydrogens (tertiary/aromatic N) is 1. The summed E-state index contributed by atoms with van der Waals surface area (Å²) in [6, 6.07) is 12.2. The summed E-state index contributed by atoms with van der Waals surface area (Å²) in [5.74, 6) is 0.773. The zero-order chi connectivity index (χ0) is 20.9. The summed E-state index contributed by atoms with van der Waals surface area (Å²) >= 11 is 1.06. The van der Waals surface area contributed by atoms with Gasteiger partial charge >= 0.3 is 4.87 Å². The molecule has 1 N–H and O–H groups in total. The number of aryl methyl sites for hydroxylation is 1. The molecule has 8 heteroatoms. The van der Waals surface area contributed by atoms with Crippen molar-refractivity contribution in [1.82, 2.24) is 9.29 Å². The second-order valence-corrected chi connectivity index (χ2v) is 11.0. The van der Waals surface area contributed by atoms with Gasteiger partial charge < -0.3 is 9.30 Å². The number of aromatic nitrogens is 1. The largest absolute Gasteiger partial charge is 0.487 e. The molecule has 6 nitrogen and oxygen atoms in total. The first-order chi connectivity index (χ1) is 14.4. The normalized spacial score (nSPS) is 20.8. The first-order valence-corrected chi connectivity index (χ1v) is 12.6. The third kappa shape index (κ3) is 3.36. The summed E-state index contributed by atoms with van der Waals surface area (Å²) in [6.45, 7) is 0. The van der Waals surface area contributed by atoms with Crippen LogP contribution in [0, 0.1) is 0 Å². The molecule has 0 saturated heterocycles. The highest BCUT2D eigenvalue weighted by atomic mass is 32.2. The summed E-state index contributed by atoms with van der Waals surface area (Å²) in [6.07, 6.45) is 5.93. The van der Waals surface area contributed by atoms with Gasteiger partial charge in [0.15, 0.2) is 0 Å². The minimum absolute atomic E-state index is 0.106. The third-order valence-electron chi connectivity index (χ3n) is 6.33. The van der Waals surface area contributed by atoms with Crippen LogP contribution in [0.15, 0.2) is 52.2 Å². The molecular formula is C22H24N2O4S2. The van der Waals surface area contributed by atoms with Crippen LogP contribution in [0.25, 0.3) is 10.2 Å². The molecule has 1 fully saturated rings. The number of nitrogens with one attached hydrogen (secondary N) is 1. The molecule has 1 saturated carbocycles. The molecule has 3 aromatic rings. The lowest BCUT2D eigenvalue weighted by Gasteiger charge is -2.44. The van der Waals surface area contributed by atoms with E-state index in [9.17, 15) is 13.2 Å². The van der Waals surface area contributed by atoms with E-state index in [2.05, 4.69) is 4.72 Å². The van der Waals surface area contributed by atoms with Crippen LogP contribution in [0.2, 0.25) is 0 Å². The molecule has 5 rings (SSSR count). The van der Waals surface area contributed by atoms with Gasteiger partial charge in [0.05, 0.1) is 21.2 Å². The van der Waals surface area contributed by atoms with Gasteiger partial charge in [-0.2, -0.15) is 0 Å². The third-order valence-corrected chi connectivity index (χ3v) is 8.80. The van der Waals surface area contributed by atoms with Crippen molar-refractivity contribution in [2.75, 3.05) is 0 Å². The number of sulfonamides is 1. The zero-order valence-electron chi connectivity index (χ0n) is 16.8. The second-order valence-electron chi connectivity index (χ2n) is 8.32. The lowest BCUT2D eigenvalue weighted by atomic mass is 9.77. The van der Waals surface area contributed by atoms with Crippen LogP contribution in [0.5, 0.6) is 5.75 Å². The number of para-hydroxylation sites is 1. The Balaban J connectivity index is 1.51. The van der Waals surface area contributed by atoms with E-state index in [0.29, 0.717) is 11.1 Å². The first-order valence-electron chi connectivity index (χ1n) is 10.3. The molecule has 0 bridgehead atoms. The van der Waals surface area contributed by atoms with Crippen LogP contribution in [0.3, 0.4) is 0 Å². The predicted molar refractivity (Wildman–Crippen MR) is 118 cm³/mol. The molecule has 0 radical (unpaired) electrons. The van der Waals surface area contributed by atoms with Crippen molar-refractivity contribution in [3.05, 3.63) is 57.7 Å². The van der Waals surface area contributed by atoms with Gasteiger partial charge in [0.2, 0.25) is 10.0 Å². The average Bonchev–Trinajstić information content (AvgIpc) is 3.01. The molecular weight excluding hydrogens is 420 g/mol. The highest BCUT2D eigenvalue weighted by Gasteiger charge is 2.42. The predicted octanol–water partition coefficient (Wildman–Crippen LogP) is 4.11. The fourth-order valence-corrected chi connectivity index (χ4v) is 7.00. The molecule has 1 spiro atoms. The second kappa shape index (κ2) is 7.21. The van der Waals surface area contributed by atoms with Crippen LogP contribution in [0.4, 0.5) is 0 Å². The highest BCUT2D eigenvalue weighted by molar-refractivity contribution is 7.89. The lowest BCUT2D eigenvalue weighted by molar-refractivity contribution is 0.0000755. The molecule has 2 heterocycles. The molecule has 0 unspecified atom stereocenters. The van der Waals surface area contributed by atoms with E-state index in [1.54, 1.807) is 25.2 Å². The Kier molecular flexibility index (Phi) is 4.76. The molecule has 1 atom stereocenters. The molecule has 30 heavy (non-hydrogen) atoms. The van der Waals surface area contributed by atoms with Crippen LogP contribution in [-0.2, 0) is 17.1 Å². The molecule has 0 amide bonds. The molecule has 158 valence electrons. The molecule has 1 aliphatic heterocycles. The quantitative estimate of drug-likeness (QED) is 0.660. The summed E-state index contributed by atoms with van der Waals surface area (Å²) < 4.78 is 38.1. The van der Waals surface area contributed by atoms with Crippen molar-refractivity contribution < 1.29 is 13.2 Å². The van der Waals surface area contributed by atoms with Gasteiger partial charge in [-0.25, -0.2) is 13.1 Å². The Bertz CT molecular complexity index is 1270. The minimum atomic E-state index is -3.76. The maximum absolute atomic E-state index is 13.3. The molecule has 2 aliphatic rings. The highest BCUT2D eigenvalue weighted by Crippen LogP contribution is 2.46. The molecule has 2 aromatic carbocycles. The topological polar surface area (TPSA) is 77.4 Å². The maximum Gasteiger partial charge on any atom is 0.307 e. The van der Waals surface area contributed by atoms with Crippen molar-refractivity contribution in [1.29, 1.82) is 0 Å². The van der Waals surface area contributed by atoms with Crippen LogP contribution in [-0.4, -0.2) is 18.6 Å². The Hall–Kier alpha value is -2.16. The van der Waals surface area contributed by atoms with Crippen molar-refractivity contribution >= 4 is 31.6 Å². The van der Waals surface area contributed by atoms with Crippen LogP contribution >= 0.6 is 11.3 Å². The Morgan fingerprint density at radius 2 is 1.90 bits per heavy atom. The van der Waals surface area contributed by atoms with Crippen molar-refractivity contribution in [3.8, 4) is 5.75 Å². The Morgan fingerprint density at radius 3 is 2.70 bits per heavy atom. The van der Waals surface area contributed by atoms with Crippen molar-refractivity contribution in [2.45, 2.75) is 55.1 Å². The number of thiazole rings is 1. The number of hydrogen-bond acceptors (Lipinski definition) is 5. The summed E-state index contributed by atoms with van der Waals surface area (Å²) in [5, 5.41) is 0. The van der Waals surface area contributed by atoms with E-state index < -0.39 is 10.0 Å². The number of fused-ring (bicyclic) bond motifs is 2. The van der Waals surface area contributed by atoms with Gasteiger partial charge in [-0.15, -0.1) is 0 Å². The van der Waals surface area contributed by atoms with Crippen LogP contribution < -0.4 is 14.3 Å². The summed E-state index contributed by atoms with van der Waals surface area (Å²) in [5.41, 5.74) is 1.31. The van der Waals surface area contributed by atoms with Gasteiger partial charge in [0.25, 0.3) is 0 Å². The van der Waals surface area contributed by atoms with E-state index in [1.807, 2.05) is 24.3 Å². The van der Waals surface area contributed by atoms with Crippen molar-refractivity contribution in [2.24, 2.45) is 7.05 Å². The number of ether oxygens (including phenoxy) is 1. The monoisotopic (exact) mass is 444 g/mol. The van der Waals surface area contributed by atoms with E-state index in [0.717, 1.165) is 53.8 Å². The number of benzene rings is 2. The number of rotatable bonds is 3. The van der Waals surface area contributed by atoms with Gasteiger partial charge in [-0.05, 0) is 49.9 Å². The van der Waals surface area contributed by atoms with E-state index >= 15 is 0 Å². The zero-order valence-corrected chi connectivity index (χ0v) is 18.4. The maximum atomic E-state index is 13.3. The Labute approximate surface area is 179 Å². The fourth-order valence-electron chi connectivity index (χ4n) is 4.76. The van der Waals surface area contributed by atoms with E-state index in [-0.39, 0.29) is 21.4 Å². The smallest absolute Gasteiger partial charge is 0.307 e. The molecule has 1 aliphatic carbocycles. The van der Waals surface area contributed by atoms with E-state index in [1.165, 1.54) is 11.0 Å². The van der Waals surface area contributed by atoms with Gasteiger partial charge in [-0.1, -0.05) is 36.0 Å². The summed E-state index contributed by atoms with van der Waals surface area (Å²) in [4.78, 5) is 12.0. The Morgan fingerprint density at radius 1 is 1.13 bits per heavy atom. The number of hydrogen-bond donors (Lipinski definition) is 1. The summed E-state index contributed by atoms with van der Waals surface area (Å²) in [7, 11) is -2.07. The van der Waals surface area contributed by atoms with Gasteiger partial charge in [0, 0.05) is 19.0 Å². The van der Waals surface area contributed by atoms with Crippen molar-refractivity contribution in [3.63, 3.8) is 0 Å². The minimum Gasteiger partial charge on any atom is -0.487 e. The van der Waals surface area contributed by atoms with Gasteiger partial charge in [0.1, 0.15) is 11.4 Å². The fraction of sp³-hybridized carbons (Fsp3) is 0.409. The molecule has 1 aromatic heterocycles. The van der Waals surface area contributed by atoms with E-state index in [4.69, 9.17) is 4.74 Å². The SMILES string of the molecule is Cn1c(=O)sc2cc(S(=O)(=O)N[C@@H]3CC4(CCCCC4)Oc4ccccc43)ccc21. The van der Waals surface area contributed by atoms with Crippen LogP contribution in [0.1, 0.15) is 50.1 Å². The lowest BCUT2D eigenvalue weighted by Crippen LogP contribution is -2.46.